The molecule has 0 saturated carbocycles. The number of anilines is 2. The Morgan fingerprint density at radius 1 is 0.929 bits per heavy atom. The van der Waals surface area contributed by atoms with E-state index < -0.39 is 0 Å². The number of rotatable bonds is 3. The Balaban J connectivity index is 1.68. The van der Waals surface area contributed by atoms with Crippen LogP contribution in [0.2, 0.25) is 0 Å². The van der Waals surface area contributed by atoms with Gasteiger partial charge in [-0.15, -0.1) is 0 Å². The smallest absolute Gasteiger partial charge is 0.262 e. The number of fused-ring (bicyclic) bond motifs is 2. The maximum atomic E-state index is 13.5. The fraction of sp³-hybridized carbons (Fsp3) is 0.0870. The molecule has 1 amide bonds. The number of amides is 1. The van der Waals surface area contributed by atoms with Crippen LogP contribution in [-0.2, 0) is 0 Å². The van der Waals surface area contributed by atoms with Gasteiger partial charge in [0.25, 0.3) is 5.91 Å². The van der Waals surface area contributed by atoms with Gasteiger partial charge in [-0.2, -0.15) is 0 Å². The molecule has 1 aromatic heterocycles. The van der Waals surface area contributed by atoms with Gasteiger partial charge in [0.1, 0.15) is 11.9 Å². The predicted molar refractivity (Wildman–Crippen MR) is 111 cm³/mol. The number of carbonyl (C=O) groups is 1. The van der Waals surface area contributed by atoms with Crippen LogP contribution in [0.3, 0.4) is 0 Å². The Bertz CT molecular complexity index is 1160. The average molecular weight is 369 g/mol. The number of nitrogens with zero attached hydrogens (tertiary/aromatic N) is 1. The number of carbonyl (C=O) groups excluding carboxylic acids is 1. The van der Waals surface area contributed by atoms with Gasteiger partial charge in [-0.1, -0.05) is 30.3 Å². The zero-order valence-corrected chi connectivity index (χ0v) is 15.3. The molecule has 0 radical (unpaired) electrons. The number of nitrogens with one attached hydrogen (secondary N) is 2. The highest BCUT2D eigenvalue weighted by atomic mass is 16.5. The molecule has 1 aliphatic heterocycles. The van der Waals surface area contributed by atoms with Crippen molar-refractivity contribution in [1.82, 2.24) is 4.98 Å². The molecule has 5 nitrogen and oxygen atoms in total. The molecule has 5 heteroatoms. The summed E-state index contributed by atoms with van der Waals surface area (Å²) < 4.78 is 5.27. The molecular weight excluding hydrogens is 350 g/mol. The Kier molecular flexibility index (Phi) is 3.79. The van der Waals surface area contributed by atoms with Gasteiger partial charge in [0.15, 0.2) is 0 Å². The third-order valence-corrected chi connectivity index (χ3v) is 5.19. The summed E-state index contributed by atoms with van der Waals surface area (Å²) in [7, 11) is 1.63. The van der Waals surface area contributed by atoms with Gasteiger partial charge >= 0.3 is 0 Å². The molecule has 0 saturated heterocycles. The third-order valence-electron chi connectivity index (χ3n) is 5.19. The topological polar surface area (TPSA) is 57.4 Å². The lowest BCUT2D eigenvalue weighted by molar-refractivity contribution is 0.0975. The van der Waals surface area contributed by atoms with E-state index in [1.54, 1.807) is 12.0 Å². The highest BCUT2D eigenvalue weighted by Crippen LogP contribution is 2.39. The van der Waals surface area contributed by atoms with E-state index in [0.29, 0.717) is 5.56 Å². The molecule has 0 fully saturated rings. The number of ether oxygens (including phenoxy) is 1. The second-order valence-electron chi connectivity index (χ2n) is 6.76. The highest BCUT2D eigenvalue weighted by Gasteiger charge is 2.35. The van der Waals surface area contributed by atoms with Crippen LogP contribution < -0.4 is 15.0 Å². The van der Waals surface area contributed by atoms with Gasteiger partial charge in [-0.25, -0.2) is 0 Å². The van der Waals surface area contributed by atoms with Crippen LogP contribution in [0, 0.1) is 0 Å². The van der Waals surface area contributed by atoms with Crippen molar-refractivity contribution in [2.45, 2.75) is 6.17 Å². The van der Waals surface area contributed by atoms with Gasteiger partial charge in [0.2, 0.25) is 0 Å². The van der Waals surface area contributed by atoms with Crippen molar-refractivity contribution in [3.8, 4) is 5.75 Å². The lowest BCUT2D eigenvalue weighted by Gasteiger charge is -2.38. The zero-order chi connectivity index (χ0) is 19.1. The fourth-order valence-electron chi connectivity index (χ4n) is 3.80. The first kappa shape index (κ1) is 16.4. The molecule has 5 rings (SSSR count). The van der Waals surface area contributed by atoms with Gasteiger partial charge < -0.3 is 15.0 Å². The second kappa shape index (κ2) is 6.46. The van der Waals surface area contributed by atoms with Crippen molar-refractivity contribution in [2.75, 3.05) is 17.3 Å². The van der Waals surface area contributed by atoms with Crippen LogP contribution in [0.15, 0.2) is 79.0 Å². The molecule has 2 heterocycles. The SMILES string of the molecule is COc1ccc(N2C(=O)c3ccccc3N[C@@H]2c2c[nH]c3ccccc23)cc1. The molecule has 4 aromatic rings. The number of para-hydroxylation sites is 2. The van der Waals surface area contributed by atoms with E-state index in [2.05, 4.69) is 16.4 Å². The molecule has 0 unspecified atom stereocenters. The Morgan fingerprint density at radius 2 is 1.68 bits per heavy atom. The molecule has 2 N–H and O–H groups in total. The number of H-pyrrole nitrogens is 1. The van der Waals surface area contributed by atoms with E-state index in [-0.39, 0.29) is 12.1 Å². The van der Waals surface area contributed by atoms with E-state index in [4.69, 9.17) is 4.74 Å². The van der Waals surface area contributed by atoms with Crippen molar-refractivity contribution in [2.24, 2.45) is 0 Å². The monoisotopic (exact) mass is 369 g/mol. The van der Waals surface area contributed by atoms with E-state index in [1.807, 2.05) is 72.9 Å². The number of hydrogen-bond acceptors (Lipinski definition) is 3. The number of methoxy groups -OCH3 is 1. The first-order chi connectivity index (χ1) is 13.8. The summed E-state index contributed by atoms with van der Waals surface area (Å²) >= 11 is 0. The lowest BCUT2D eigenvalue weighted by Crippen LogP contribution is -2.43. The Labute approximate surface area is 162 Å². The van der Waals surface area contributed by atoms with Crippen LogP contribution in [0.25, 0.3) is 10.9 Å². The van der Waals surface area contributed by atoms with Crippen molar-refractivity contribution in [1.29, 1.82) is 0 Å². The molecule has 0 bridgehead atoms. The second-order valence-corrected chi connectivity index (χ2v) is 6.76. The van der Waals surface area contributed by atoms with Crippen molar-refractivity contribution in [3.63, 3.8) is 0 Å². The van der Waals surface area contributed by atoms with Gasteiger partial charge in [-0.3, -0.25) is 9.69 Å². The van der Waals surface area contributed by atoms with E-state index in [0.717, 1.165) is 33.6 Å². The van der Waals surface area contributed by atoms with Crippen LogP contribution in [0.5, 0.6) is 5.75 Å². The van der Waals surface area contributed by atoms with E-state index in [1.165, 1.54) is 0 Å². The zero-order valence-electron chi connectivity index (χ0n) is 15.3. The highest BCUT2D eigenvalue weighted by molar-refractivity contribution is 6.12. The summed E-state index contributed by atoms with van der Waals surface area (Å²) in [5, 5.41) is 4.64. The van der Waals surface area contributed by atoms with Crippen molar-refractivity contribution >= 4 is 28.2 Å². The summed E-state index contributed by atoms with van der Waals surface area (Å²) in [6, 6.07) is 23.3. The van der Waals surface area contributed by atoms with Gasteiger partial charge in [0.05, 0.1) is 12.7 Å². The quantitative estimate of drug-likeness (QED) is 0.537. The first-order valence-corrected chi connectivity index (χ1v) is 9.15. The average Bonchev–Trinajstić information content (AvgIpc) is 3.18. The molecule has 1 aliphatic rings. The van der Waals surface area contributed by atoms with Crippen LogP contribution in [0.1, 0.15) is 22.1 Å². The summed E-state index contributed by atoms with van der Waals surface area (Å²) in [4.78, 5) is 18.6. The number of benzene rings is 3. The number of aromatic nitrogens is 1. The minimum Gasteiger partial charge on any atom is -0.497 e. The largest absolute Gasteiger partial charge is 0.497 e. The summed E-state index contributed by atoms with van der Waals surface area (Å²) in [5.74, 6) is 0.722. The molecule has 3 aromatic carbocycles. The van der Waals surface area contributed by atoms with Crippen molar-refractivity contribution in [3.05, 3.63) is 90.1 Å². The molecule has 1 atom stereocenters. The first-order valence-electron chi connectivity index (χ1n) is 9.15. The third kappa shape index (κ3) is 2.52. The standard InChI is InChI=1S/C23H19N3O2/c1-28-16-12-10-15(11-13-16)26-22(19-14-24-20-8-4-2-6-17(19)20)25-21-9-5-3-7-18(21)23(26)27/h2-14,22,24-25H,1H3/t22-/m0/s1. The number of hydrogen-bond donors (Lipinski definition) is 2. The molecular formula is C23H19N3O2. The molecule has 138 valence electrons. The van der Waals surface area contributed by atoms with Gasteiger partial charge in [0, 0.05) is 34.0 Å². The van der Waals surface area contributed by atoms with Crippen molar-refractivity contribution < 1.29 is 9.53 Å². The summed E-state index contributed by atoms with van der Waals surface area (Å²) in [6.07, 6.45) is 1.65. The fourth-order valence-corrected chi connectivity index (χ4v) is 3.80. The van der Waals surface area contributed by atoms with Gasteiger partial charge in [-0.05, 0) is 42.5 Å². The normalized spacial score (nSPS) is 16.0. The maximum Gasteiger partial charge on any atom is 0.262 e. The van der Waals surface area contributed by atoms with Crippen LogP contribution >= 0.6 is 0 Å². The molecule has 28 heavy (non-hydrogen) atoms. The molecule has 0 aliphatic carbocycles. The maximum absolute atomic E-state index is 13.5. The Hall–Kier alpha value is -3.73. The van der Waals surface area contributed by atoms with Crippen LogP contribution in [-0.4, -0.2) is 18.0 Å². The van der Waals surface area contributed by atoms with Crippen LogP contribution in [0.4, 0.5) is 11.4 Å². The summed E-state index contributed by atoms with van der Waals surface area (Å²) in [5.41, 5.74) is 4.37. The number of aromatic amines is 1. The Morgan fingerprint density at radius 3 is 2.50 bits per heavy atom. The minimum absolute atomic E-state index is 0.0326. The predicted octanol–water partition coefficient (Wildman–Crippen LogP) is 4.95. The van der Waals surface area contributed by atoms with E-state index >= 15 is 0 Å². The minimum atomic E-state index is -0.327. The van der Waals surface area contributed by atoms with E-state index in [9.17, 15) is 4.79 Å². The lowest BCUT2D eigenvalue weighted by atomic mass is 10.0. The summed E-state index contributed by atoms with van der Waals surface area (Å²) in [6.45, 7) is 0. The molecule has 0 spiro atoms.